The number of carboxylic acid groups (broad SMARTS) is 1. The highest BCUT2D eigenvalue weighted by atomic mass is 16.4. The molecule has 0 heterocycles. The number of carbonyl (C=O) groups is 1. The van der Waals surface area contributed by atoms with E-state index in [0.29, 0.717) is 11.3 Å². The Labute approximate surface area is 100 Å². The van der Waals surface area contributed by atoms with Crippen molar-refractivity contribution < 1.29 is 9.90 Å². The largest absolute Gasteiger partial charge is 0.480 e. The van der Waals surface area contributed by atoms with Crippen LogP contribution in [0, 0.1) is 30.6 Å². The number of benzene rings is 1. The molecule has 1 aromatic rings. The second kappa shape index (κ2) is 5.58. The molecule has 4 nitrogen and oxygen atoms in total. The maximum atomic E-state index is 10.8. The molecule has 0 unspecified atom stereocenters. The lowest BCUT2D eigenvalue weighted by Crippen LogP contribution is -2.31. The van der Waals surface area contributed by atoms with Gasteiger partial charge in [0.15, 0.2) is 0 Å². The summed E-state index contributed by atoms with van der Waals surface area (Å²) in [6, 6.07) is 7.27. The summed E-state index contributed by atoms with van der Waals surface area (Å²) in [5, 5.41) is 17.9. The fourth-order valence-corrected chi connectivity index (χ4v) is 1.66. The maximum Gasteiger partial charge on any atom is 0.323 e. The Balaban J connectivity index is 3.23. The monoisotopic (exact) mass is 228 g/mol. The van der Waals surface area contributed by atoms with Gasteiger partial charge in [-0.1, -0.05) is 18.1 Å². The van der Waals surface area contributed by atoms with Gasteiger partial charge >= 0.3 is 5.97 Å². The molecule has 1 aromatic carbocycles. The van der Waals surface area contributed by atoms with E-state index in [1.807, 2.05) is 19.1 Å². The number of para-hydroxylation sites is 1. The number of aryl methyl sites for hydroxylation is 1. The first kappa shape index (κ1) is 12.6. The Hall–Kier alpha value is -2.46. The molecule has 1 rings (SSSR count). The van der Waals surface area contributed by atoms with Crippen molar-refractivity contribution in [3.8, 4) is 18.4 Å². The van der Waals surface area contributed by atoms with Gasteiger partial charge in [0.25, 0.3) is 0 Å². The van der Waals surface area contributed by atoms with Crippen LogP contribution < -0.4 is 4.90 Å². The third-order valence-corrected chi connectivity index (χ3v) is 2.28. The van der Waals surface area contributed by atoms with Crippen molar-refractivity contribution >= 4 is 11.7 Å². The highest BCUT2D eigenvalue weighted by Crippen LogP contribution is 2.24. The van der Waals surface area contributed by atoms with Gasteiger partial charge in [-0.05, 0) is 18.6 Å². The van der Waals surface area contributed by atoms with Crippen LogP contribution in [-0.4, -0.2) is 24.2 Å². The summed E-state index contributed by atoms with van der Waals surface area (Å²) in [5.41, 5.74) is 1.86. The molecule has 0 atom stereocenters. The van der Waals surface area contributed by atoms with Crippen LogP contribution in [0.15, 0.2) is 18.2 Å². The van der Waals surface area contributed by atoms with Gasteiger partial charge in [0.05, 0.1) is 17.8 Å². The van der Waals surface area contributed by atoms with Crippen molar-refractivity contribution in [3.05, 3.63) is 29.3 Å². The number of hydrogen-bond donors (Lipinski definition) is 1. The Morgan fingerprint density at radius 2 is 2.29 bits per heavy atom. The van der Waals surface area contributed by atoms with Gasteiger partial charge in [0.2, 0.25) is 0 Å². The van der Waals surface area contributed by atoms with Gasteiger partial charge in [-0.2, -0.15) is 5.26 Å². The van der Waals surface area contributed by atoms with Crippen molar-refractivity contribution in [2.75, 3.05) is 18.0 Å². The summed E-state index contributed by atoms with van der Waals surface area (Å²) in [6.07, 6.45) is 5.22. The quantitative estimate of drug-likeness (QED) is 0.791. The third-order valence-electron chi connectivity index (χ3n) is 2.28. The normalized spacial score (nSPS) is 9.12. The van der Waals surface area contributed by atoms with E-state index in [4.69, 9.17) is 16.8 Å². The molecule has 86 valence electrons. The van der Waals surface area contributed by atoms with Crippen LogP contribution in [-0.2, 0) is 4.79 Å². The van der Waals surface area contributed by atoms with E-state index in [9.17, 15) is 4.79 Å². The summed E-state index contributed by atoms with van der Waals surface area (Å²) < 4.78 is 0. The van der Waals surface area contributed by atoms with E-state index in [2.05, 4.69) is 5.92 Å². The molecular formula is C13H12N2O2. The lowest BCUT2D eigenvalue weighted by molar-refractivity contribution is -0.135. The number of nitriles is 1. The van der Waals surface area contributed by atoms with Crippen LogP contribution in [0.25, 0.3) is 0 Å². The molecule has 0 bridgehead atoms. The Bertz CT molecular complexity index is 509. The minimum atomic E-state index is -0.979. The average Bonchev–Trinajstić information content (AvgIpc) is 2.27. The second-order valence-corrected chi connectivity index (χ2v) is 3.54. The van der Waals surface area contributed by atoms with E-state index in [0.717, 1.165) is 5.56 Å². The first-order valence-electron chi connectivity index (χ1n) is 5.00. The zero-order chi connectivity index (χ0) is 12.8. The Kier molecular flexibility index (Phi) is 4.14. The van der Waals surface area contributed by atoms with Crippen LogP contribution in [0.5, 0.6) is 0 Å². The number of rotatable bonds is 4. The molecule has 0 amide bonds. The second-order valence-electron chi connectivity index (χ2n) is 3.54. The summed E-state index contributed by atoms with van der Waals surface area (Å²) in [7, 11) is 0. The first-order chi connectivity index (χ1) is 8.10. The zero-order valence-electron chi connectivity index (χ0n) is 9.47. The number of hydrogen-bond acceptors (Lipinski definition) is 3. The smallest absolute Gasteiger partial charge is 0.323 e. The molecule has 0 aliphatic rings. The first-order valence-corrected chi connectivity index (χ1v) is 5.00. The number of aliphatic carboxylic acids is 1. The van der Waals surface area contributed by atoms with E-state index in [1.165, 1.54) is 4.90 Å². The van der Waals surface area contributed by atoms with Gasteiger partial charge in [-0.25, -0.2) is 0 Å². The van der Waals surface area contributed by atoms with Crippen LogP contribution in [0.1, 0.15) is 11.1 Å². The topological polar surface area (TPSA) is 64.3 Å². The van der Waals surface area contributed by atoms with Crippen molar-refractivity contribution in [1.29, 1.82) is 5.26 Å². The molecule has 0 spiro atoms. The standard InChI is InChI=1S/C13H12N2O2/c1-3-7-15(9-12(16)17)13-10(2)5-4-6-11(13)8-14/h1,4-6H,7,9H2,2H3,(H,16,17). The fraction of sp³-hybridized carbons (Fsp3) is 0.231. The van der Waals surface area contributed by atoms with Crippen molar-refractivity contribution in [1.82, 2.24) is 0 Å². The summed E-state index contributed by atoms with van der Waals surface area (Å²) in [4.78, 5) is 12.3. The fourth-order valence-electron chi connectivity index (χ4n) is 1.66. The van der Waals surface area contributed by atoms with Gasteiger partial charge in [-0.15, -0.1) is 6.42 Å². The lowest BCUT2D eigenvalue weighted by Gasteiger charge is -2.23. The van der Waals surface area contributed by atoms with E-state index >= 15 is 0 Å². The average molecular weight is 228 g/mol. The molecule has 0 aliphatic carbocycles. The third kappa shape index (κ3) is 2.99. The number of anilines is 1. The molecule has 1 N–H and O–H groups in total. The van der Waals surface area contributed by atoms with Gasteiger partial charge in [0, 0.05) is 0 Å². The van der Waals surface area contributed by atoms with E-state index < -0.39 is 5.97 Å². The SMILES string of the molecule is C#CCN(CC(=O)O)c1c(C)cccc1C#N. The zero-order valence-corrected chi connectivity index (χ0v) is 9.47. The predicted octanol–water partition coefficient (Wildman–Crippen LogP) is 1.39. The van der Waals surface area contributed by atoms with E-state index in [-0.39, 0.29) is 13.1 Å². The number of terminal acetylenes is 1. The summed E-state index contributed by atoms with van der Waals surface area (Å²) in [6.45, 7) is 1.76. The minimum absolute atomic E-state index is 0.159. The van der Waals surface area contributed by atoms with Crippen molar-refractivity contribution in [3.63, 3.8) is 0 Å². The summed E-state index contributed by atoms with van der Waals surface area (Å²) >= 11 is 0. The molecule has 0 saturated heterocycles. The predicted molar refractivity (Wildman–Crippen MR) is 64.6 cm³/mol. The highest BCUT2D eigenvalue weighted by Gasteiger charge is 2.15. The van der Waals surface area contributed by atoms with Crippen LogP contribution in [0.2, 0.25) is 0 Å². The number of nitrogens with zero attached hydrogens (tertiary/aromatic N) is 2. The van der Waals surface area contributed by atoms with Gasteiger partial charge < -0.3 is 10.0 Å². The molecule has 4 heteroatoms. The van der Waals surface area contributed by atoms with Gasteiger partial charge in [0.1, 0.15) is 12.6 Å². The number of carboxylic acids is 1. The van der Waals surface area contributed by atoms with E-state index in [1.54, 1.807) is 12.1 Å². The highest BCUT2D eigenvalue weighted by molar-refractivity contribution is 5.76. The maximum absolute atomic E-state index is 10.8. The molecule has 0 radical (unpaired) electrons. The molecule has 17 heavy (non-hydrogen) atoms. The molecule has 0 saturated carbocycles. The van der Waals surface area contributed by atoms with Gasteiger partial charge in [-0.3, -0.25) is 4.79 Å². The van der Waals surface area contributed by atoms with Crippen LogP contribution in [0.3, 0.4) is 0 Å². The Morgan fingerprint density at radius 3 is 2.82 bits per heavy atom. The summed E-state index contributed by atoms with van der Waals surface area (Å²) in [5.74, 6) is 1.42. The van der Waals surface area contributed by atoms with Crippen LogP contribution in [0.4, 0.5) is 5.69 Å². The van der Waals surface area contributed by atoms with Crippen molar-refractivity contribution in [2.45, 2.75) is 6.92 Å². The van der Waals surface area contributed by atoms with Crippen LogP contribution >= 0.6 is 0 Å². The van der Waals surface area contributed by atoms with Crippen molar-refractivity contribution in [2.24, 2.45) is 0 Å². The lowest BCUT2D eigenvalue weighted by atomic mass is 10.1. The molecule has 0 aliphatic heterocycles. The Morgan fingerprint density at radius 1 is 1.59 bits per heavy atom. The molecule has 0 fully saturated rings. The molecular weight excluding hydrogens is 216 g/mol. The molecule has 0 aromatic heterocycles. The minimum Gasteiger partial charge on any atom is -0.480 e.